The first-order valence-electron chi connectivity index (χ1n) is 9.10. The van der Waals surface area contributed by atoms with Crippen LogP contribution in [0.5, 0.6) is 0 Å². The molecule has 0 aliphatic carbocycles. The van der Waals surface area contributed by atoms with Gasteiger partial charge in [-0.05, 0) is 25.3 Å². The number of hydrogen-bond donors (Lipinski definition) is 1. The molecule has 0 saturated heterocycles. The molecule has 0 bridgehead atoms. The minimum absolute atomic E-state index is 0.0385. The minimum atomic E-state index is 0.0385. The summed E-state index contributed by atoms with van der Waals surface area (Å²) in [7, 11) is 1.96. The van der Waals surface area contributed by atoms with Crippen LogP contribution in [-0.4, -0.2) is 77.1 Å². The van der Waals surface area contributed by atoms with Gasteiger partial charge < -0.3 is 19.5 Å². The second kappa shape index (κ2) is 15.8. The molecule has 0 rings (SSSR count). The predicted molar refractivity (Wildman–Crippen MR) is 97.3 cm³/mol. The number of carbonyl (C=O) groups is 1. The van der Waals surface area contributed by atoms with Crippen LogP contribution < -0.4 is 5.32 Å². The summed E-state index contributed by atoms with van der Waals surface area (Å²) in [5.74, 6) is 1.28. The van der Waals surface area contributed by atoms with Gasteiger partial charge in [0.25, 0.3) is 0 Å². The molecule has 0 heterocycles. The molecule has 0 atom stereocenters. The highest BCUT2D eigenvalue weighted by atomic mass is 16.5. The Kier molecular flexibility index (Phi) is 15.4. The summed E-state index contributed by atoms with van der Waals surface area (Å²) >= 11 is 0. The van der Waals surface area contributed by atoms with Gasteiger partial charge in [-0.15, -0.1) is 0 Å². The molecular weight excluding hydrogens is 308 g/mol. The number of amides is 1. The molecule has 0 aliphatic rings. The molecule has 0 spiro atoms. The second-order valence-corrected chi connectivity index (χ2v) is 6.96. The molecule has 0 aromatic rings. The zero-order valence-corrected chi connectivity index (χ0v) is 16.3. The van der Waals surface area contributed by atoms with E-state index in [1.54, 1.807) is 0 Å². The van der Waals surface area contributed by atoms with Crippen LogP contribution in [0, 0.1) is 11.8 Å². The maximum absolute atomic E-state index is 11.7. The fourth-order valence-electron chi connectivity index (χ4n) is 2.11. The Morgan fingerprint density at radius 1 is 0.875 bits per heavy atom. The standard InChI is InChI=1S/C18H38N2O4/c1-16(2)6-8-22-10-12-24-13-11-23-9-7-19-18(21)15-20(5)14-17(3)4/h16-17H,6-15H2,1-5H3,(H,19,21). The number of likely N-dealkylation sites (N-methyl/N-ethyl adjacent to an activating group) is 1. The number of rotatable bonds is 16. The van der Waals surface area contributed by atoms with E-state index in [9.17, 15) is 4.79 Å². The zero-order chi connectivity index (χ0) is 18.2. The molecule has 0 fully saturated rings. The monoisotopic (exact) mass is 346 g/mol. The summed E-state index contributed by atoms with van der Waals surface area (Å²) in [6, 6.07) is 0. The average molecular weight is 347 g/mol. The highest BCUT2D eigenvalue weighted by molar-refractivity contribution is 5.77. The summed E-state index contributed by atoms with van der Waals surface area (Å²) in [6.45, 7) is 14.2. The van der Waals surface area contributed by atoms with Gasteiger partial charge in [0.05, 0.1) is 39.6 Å². The maximum atomic E-state index is 11.7. The third-order valence-electron chi connectivity index (χ3n) is 3.24. The van der Waals surface area contributed by atoms with Crippen molar-refractivity contribution in [1.82, 2.24) is 10.2 Å². The van der Waals surface area contributed by atoms with Crippen molar-refractivity contribution in [3.05, 3.63) is 0 Å². The molecule has 1 amide bonds. The first-order valence-corrected chi connectivity index (χ1v) is 9.10. The van der Waals surface area contributed by atoms with E-state index in [0.29, 0.717) is 58.0 Å². The van der Waals surface area contributed by atoms with Crippen molar-refractivity contribution < 1.29 is 19.0 Å². The largest absolute Gasteiger partial charge is 0.379 e. The highest BCUT2D eigenvalue weighted by Crippen LogP contribution is 1.98. The lowest BCUT2D eigenvalue weighted by Crippen LogP contribution is -2.38. The topological polar surface area (TPSA) is 60.0 Å². The molecule has 0 aliphatic heterocycles. The van der Waals surface area contributed by atoms with Crippen molar-refractivity contribution in [2.45, 2.75) is 34.1 Å². The molecule has 144 valence electrons. The lowest BCUT2D eigenvalue weighted by molar-refractivity contribution is -0.122. The van der Waals surface area contributed by atoms with E-state index in [0.717, 1.165) is 19.6 Å². The number of hydrogen-bond acceptors (Lipinski definition) is 5. The van der Waals surface area contributed by atoms with Crippen LogP contribution in [0.15, 0.2) is 0 Å². The Bertz CT molecular complexity index is 299. The van der Waals surface area contributed by atoms with Gasteiger partial charge in [-0.3, -0.25) is 9.69 Å². The van der Waals surface area contributed by atoms with E-state index in [1.165, 1.54) is 0 Å². The third-order valence-corrected chi connectivity index (χ3v) is 3.24. The zero-order valence-electron chi connectivity index (χ0n) is 16.3. The fraction of sp³-hybridized carbons (Fsp3) is 0.944. The third kappa shape index (κ3) is 17.7. The lowest BCUT2D eigenvalue weighted by atomic mass is 10.1. The Morgan fingerprint density at radius 2 is 1.42 bits per heavy atom. The molecule has 24 heavy (non-hydrogen) atoms. The van der Waals surface area contributed by atoms with Gasteiger partial charge in [0.2, 0.25) is 5.91 Å². The molecule has 0 radical (unpaired) electrons. The Balaban J connectivity index is 3.26. The SMILES string of the molecule is CC(C)CCOCCOCCOCCNC(=O)CN(C)CC(C)C. The van der Waals surface area contributed by atoms with Crippen LogP contribution >= 0.6 is 0 Å². The first kappa shape index (κ1) is 23.3. The van der Waals surface area contributed by atoms with Gasteiger partial charge in [0, 0.05) is 19.7 Å². The number of ether oxygens (including phenoxy) is 3. The van der Waals surface area contributed by atoms with Gasteiger partial charge in [-0.1, -0.05) is 27.7 Å². The van der Waals surface area contributed by atoms with Gasteiger partial charge in [0.15, 0.2) is 0 Å². The van der Waals surface area contributed by atoms with E-state index in [1.807, 2.05) is 11.9 Å². The number of nitrogens with one attached hydrogen (secondary N) is 1. The Morgan fingerprint density at radius 3 is 1.96 bits per heavy atom. The second-order valence-electron chi connectivity index (χ2n) is 6.96. The summed E-state index contributed by atoms with van der Waals surface area (Å²) < 4.78 is 16.3. The van der Waals surface area contributed by atoms with Gasteiger partial charge in [-0.25, -0.2) is 0 Å². The lowest BCUT2D eigenvalue weighted by Gasteiger charge is -2.18. The van der Waals surface area contributed by atoms with Crippen molar-refractivity contribution in [1.29, 1.82) is 0 Å². The first-order chi connectivity index (χ1) is 11.4. The van der Waals surface area contributed by atoms with E-state index < -0.39 is 0 Å². The molecule has 0 unspecified atom stereocenters. The summed E-state index contributed by atoms with van der Waals surface area (Å²) in [4.78, 5) is 13.7. The Labute approximate surface area is 148 Å². The van der Waals surface area contributed by atoms with Gasteiger partial charge >= 0.3 is 0 Å². The molecular formula is C18H38N2O4. The molecule has 6 nitrogen and oxygen atoms in total. The molecule has 1 N–H and O–H groups in total. The number of nitrogens with zero attached hydrogens (tertiary/aromatic N) is 1. The molecule has 6 heteroatoms. The quantitative estimate of drug-likeness (QED) is 0.432. The number of carbonyl (C=O) groups excluding carboxylic acids is 1. The summed E-state index contributed by atoms with van der Waals surface area (Å²) in [5.41, 5.74) is 0. The fourth-order valence-corrected chi connectivity index (χ4v) is 2.11. The van der Waals surface area contributed by atoms with E-state index in [4.69, 9.17) is 14.2 Å². The summed E-state index contributed by atoms with van der Waals surface area (Å²) in [5, 5.41) is 2.85. The normalized spacial score (nSPS) is 11.7. The van der Waals surface area contributed by atoms with E-state index in [2.05, 4.69) is 33.0 Å². The van der Waals surface area contributed by atoms with Crippen molar-refractivity contribution in [3.63, 3.8) is 0 Å². The van der Waals surface area contributed by atoms with Crippen LogP contribution in [0.2, 0.25) is 0 Å². The average Bonchev–Trinajstić information content (AvgIpc) is 2.47. The van der Waals surface area contributed by atoms with Crippen molar-refractivity contribution in [2.24, 2.45) is 11.8 Å². The summed E-state index contributed by atoms with van der Waals surface area (Å²) in [6.07, 6.45) is 1.09. The van der Waals surface area contributed by atoms with Crippen LogP contribution in [0.4, 0.5) is 0 Å². The molecule has 0 saturated carbocycles. The van der Waals surface area contributed by atoms with E-state index in [-0.39, 0.29) is 5.91 Å². The van der Waals surface area contributed by atoms with Crippen LogP contribution in [0.1, 0.15) is 34.1 Å². The smallest absolute Gasteiger partial charge is 0.234 e. The van der Waals surface area contributed by atoms with Crippen LogP contribution in [-0.2, 0) is 19.0 Å². The van der Waals surface area contributed by atoms with E-state index >= 15 is 0 Å². The maximum Gasteiger partial charge on any atom is 0.234 e. The predicted octanol–water partition coefficient (Wildman–Crippen LogP) is 1.79. The van der Waals surface area contributed by atoms with Crippen LogP contribution in [0.3, 0.4) is 0 Å². The van der Waals surface area contributed by atoms with Gasteiger partial charge in [-0.2, -0.15) is 0 Å². The Hall–Kier alpha value is -0.690. The van der Waals surface area contributed by atoms with Crippen molar-refractivity contribution in [3.8, 4) is 0 Å². The molecule has 0 aromatic heterocycles. The van der Waals surface area contributed by atoms with Gasteiger partial charge in [0.1, 0.15) is 0 Å². The van der Waals surface area contributed by atoms with Crippen molar-refractivity contribution >= 4 is 5.91 Å². The van der Waals surface area contributed by atoms with Crippen molar-refractivity contribution in [2.75, 3.05) is 66.3 Å². The van der Waals surface area contributed by atoms with Crippen LogP contribution in [0.25, 0.3) is 0 Å². The minimum Gasteiger partial charge on any atom is -0.379 e. The molecule has 0 aromatic carbocycles. The highest BCUT2D eigenvalue weighted by Gasteiger charge is 2.07.